The first kappa shape index (κ1) is 19.7. The fraction of sp³-hybridized carbons (Fsp3) is 0.571. The topological polar surface area (TPSA) is 50.7 Å². The Morgan fingerprint density at radius 2 is 1.85 bits per heavy atom. The molecule has 0 heterocycles. The number of halogens is 2. The summed E-state index contributed by atoms with van der Waals surface area (Å²) >= 11 is 3.37. The fourth-order valence-corrected chi connectivity index (χ4v) is 1.66. The zero-order valence-corrected chi connectivity index (χ0v) is 14.2. The van der Waals surface area contributed by atoms with Crippen LogP contribution in [0.4, 0.5) is 0 Å². The maximum absolute atomic E-state index is 9.61. The summed E-state index contributed by atoms with van der Waals surface area (Å²) in [7, 11) is 0. The third-order valence-electron chi connectivity index (χ3n) is 2.38. The van der Waals surface area contributed by atoms with Crippen LogP contribution in [-0.4, -0.2) is 43.6 Å². The van der Waals surface area contributed by atoms with Crippen molar-refractivity contribution in [2.45, 2.75) is 26.0 Å². The van der Waals surface area contributed by atoms with Crippen LogP contribution < -0.4 is 22.5 Å². The van der Waals surface area contributed by atoms with Gasteiger partial charge in [-0.25, -0.2) is 0 Å². The molecular formula is C14H22BrClNO3-. The molecule has 1 atom stereocenters. The molecule has 0 saturated carbocycles. The van der Waals surface area contributed by atoms with E-state index in [0.29, 0.717) is 32.4 Å². The lowest BCUT2D eigenvalue weighted by Gasteiger charge is -2.14. The molecule has 0 aromatic heterocycles. The minimum Gasteiger partial charge on any atom is -1.00 e. The predicted octanol–water partition coefficient (Wildman–Crippen LogP) is -0.793. The fourth-order valence-electron chi connectivity index (χ4n) is 1.40. The normalized spacial score (nSPS) is 12.1. The Balaban J connectivity index is 0.00000361. The summed E-state index contributed by atoms with van der Waals surface area (Å²) in [5, 5.41) is 12.8. The van der Waals surface area contributed by atoms with Gasteiger partial charge in [0, 0.05) is 17.1 Å². The zero-order chi connectivity index (χ0) is 14.1. The van der Waals surface area contributed by atoms with Crippen LogP contribution in [0.25, 0.3) is 0 Å². The van der Waals surface area contributed by atoms with Gasteiger partial charge >= 0.3 is 0 Å². The molecular weight excluding hydrogens is 346 g/mol. The lowest BCUT2D eigenvalue weighted by molar-refractivity contribution is -0.00000710. The molecule has 1 aromatic carbocycles. The summed E-state index contributed by atoms with van der Waals surface area (Å²) in [4.78, 5) is 0. The van der Waals surface area contributed by atoms with Crippen LogP contribution in [0.5, 0.6) is 5.75 Å². The van der Waals surface area contributed by atoms with Crippen LogP contribution in [0.2, 0.25) is 0 Å². The summed E-state index contributed by atoms with van der Waals surface area (Å²) in [6, 6.07) is 8.02. The minimum atomic E-state index is -0.477. The van der Waals surface area contributed by atoms with Gasteiger partial charge in [-0.1, -0.05) is 29.8 Å². The number of aliphatic hydroxyl groups is 1. The van der Waals surface area contributed by atoms with E-state index in [9.17, 15) is 5.11 Å². The second-order valence-electron chi connectivity index (χ2n) is 4.59. The molecule has 1 aromatic rings. The Labute approximate surface area is 135 Å². The summed E-state index contributed by atoms with van der Waals surface area (Å²) in [5.74, 6) is 0.814. The van der Waals surface area contributed by atoms with E-state index in [1.54, 1.807) is 0 Å². The molecule has 2 N–H and O–H groups in total. The standard InChI is InChI=1S/C14H22BrNO3.ClH/c1-11(2)16-9-13(17)10-18-7-8-19-14-5-3-12(15)4-6-14;/h3-6,11,13,16-17H,7-10H2,1-2H3;1H/p-1. The van der Waals surface area contributed by atoms with E-state index < -0.39 is 6.10 Å². The third-order valence-corrected chi connectivity index (χ3v) is 2.91. The van der Waals surface area contributed by atoms with Crippen molar-refractivity contribution in [3.63, 3.8) is 0 Å². The van der Waals surface area contributed by atoms with Gasteiger partial charge in [-0.15, -0.1) is 0 Å². The van der Waals surface area contributed by atoms with Gasteiger partial charge in [0.15, 0.2) is 0 Å². The maximum Gasteiger partial charge on any atom is 0.119 e. The van der Waals surface area contributed by atoms with E-state index in [2.05, 4.69) is 21.2 Å². The number of ether oxygens (including phenoxy) is 2. The molecule has 0 amide bonds. The van der Waals surface area contributed by atoms with Crippen LogP contribution in [0, 0.1) is 0 Å². The highest BCUT2D eigenvalue weighted by atomic mass is 79.9. The van der Waals surface area contributed by atoms with Gasteiger partial charge in [0.25, 0.3) is 0 Å². The van der Waals surface area contributed by atoms with Crippen LogP contribution in [0.15, 0.2) is 28.7 Å². The average molecular weight is 368 g/mol. The quantitative estimate of drug-likeness (QED) is 0.562. The van der Waals surface area contributed by atoms with E-state index >= 15 is 0 Å². The number of hydrogen-bond acceptors (Lipinski definition) is 4. The summed E-state index contributed by atoms with van der Waals surface area (Å²) < 4.78 is 11.9. The molecule has 0 aliphatic heterocycles. The van der Waals surface area contributed by atoms with Crippen molar-refractivity contribution in [1.29, 1.82) is 0 Å². The zero-order valence-electron chi connectivity index (χ0n) is 11.8. The van der Waals surface area contributed by atoms with Crippen molar-refractivity contribution >= 4 is 15.9 Å². The number of rotatable bonds is 9. The van der Waals surface area contributed by atoms with Gasteiger partial charge in [0.2, 0.25) is 0 Å². The molecule has 20 heavy (non-hydrogen) atoms. The molecule has 0 fully saturated rings. The van der Waals surface area contributed by atoms with Gasteiger partial charge in [-0.3, -0.25) is 0 Å². The monoisotopic (exact) mass is 366 g/mol. The largest absolute Gasteiger partial charge is 1.00 e. The molecule has 6 heteroatoms. The lowest BCUT2D eigenvalue weighted by Crippen LogP contribution is -3.00. The van der Waals surface area contributed by atoms with Gasteiger partial charge in [0.05, 0.1) is 19.3 Å². The Bertz CT molecular complexity index is 349. The number of hydrogen-bond donors (Lipinski definition) is 2. The van der Waals surface area contributed by atoms with Crippen molar-refractivity contribution in [3.8, 4) is 5.75 Å². The minimum absolute atomic E-state index is 0. The summed E-state index contributed by atoms with van der Waals surface area (Å²) in [5.41, 5.74) is 0. The van der Waals surface area contributed by atoms with Crippen LogP contribution >= 0.6 is 15.9 Å². The highest BCUT2D eigenvalue weighted by Gasteiger charge is 2.04. The first-order valence-electron chi connectivity index (χ1n) is 6.45. The van der Waals surface area contributed by atoms with E-state index in [4.69, 9.17) is 9.47 Å². The predicted molar refractivity (Wildman–Crippen MR) is 79.6 cm³/mol. The number of benzene rings is 1. The molecule has 116 valence electrons. The molecule has 0 radical (unpaired) electrons. The van der Waals surface area contributed by atoms with E-state index in [1.165, 1.54) is 0 Å². The van der Waals surface area contributed by atoms with Gasteiger partial charge in [0.1, 0.15) is 12.4 Å². The summed E-state index contributed by atoms with van der Waals surface area (Å²) in [6.45, 7) is 5.90. The van der Waals surface area contributed by atoms with Crippen molar-refractivity contribution in [2.24, 2.45) is 0 Å². The Hall–Kier alpha value is -0.330. The molecule has 1 rings (SSSR count). The van der Waals surface area contributed by atoms with E-state index in [1.807, 2.05) is 38.1 Å². The Morgan fingerprint density at radius 3 is 2.45 bits per heavy atom. The van der Waals surface area contributed by atoms with Crippen molar-refractivity contribution in [2.75, 3.05) is 26.4 Å². The summed E-state index contributed by atoms with van der Waals surface area (Å²) in [6.07, 6.45) is -0.477. The third kappa shape index (κ3) is 9.55. The number of nitrogens with one attached hydrogen (secondary N) is 1. The van der Waals surface area contributed by atoms with Crippen LogP contribution in [0.3, 0.4) is 0 Å². The molecule has 0 saturated heterocycles. The van der Waals surface area contributed by atoms with Crippen LogP contribution in [0.1, 0.15) is 13.8 Å². The van der Waals surface area contributed by atoms with Crippen molar-refractivity contribution < 1.29 is 27.0 Å². The molecule has 0 aliphatic rings. The lowest BCUT2D eigenvalue weighted by atomic mass is 10.3. The molecule has 4 nitrogen and oxygen atoms in total. The average Bonchev–Trinajstić information content (AvgIpc) is 2.38. The van der Waals surface area contributed by atoms with Crippen LogP contribution in [-0.2, 0) is 4.74 Å². The van der Waals surface area contributed by atoms with Gasteiger partial charge in [-0.05, 0) is 24.3 Å². The maximum atomic E-state index is 9.61. The van der Waals surface area contributed by atoms with Gasteiger partial charge < -0.3 is 32.3 Å². The Kier molecular flexibility index (Phi) is 11.2. The van der Waals surface area contributed by atoms with Gasteiger partial charge in [-0.2, -0.15) is 0 Å². The van der Waals surface area contributed by atoms with E-state index in [0.717, 1.165) is 10.2 Å². The second-order valence-corrected chi connectivity index (χ2v) is 5.51. The van der Waals surface area contributed by atoms with Crippen molar-refractivity contribution in [1.82, 2.24) is 5.32 Å². The first-order valence-corrected chi connectivity index (χ1v) is 7.25. The highest BCUT2D eigenvalue weighted by Crippen LogP contribution is 2.15. The molecule has 0 aliphatic carbocycles. The van der Waals surface area contributed by atoms with E-state index in [-0.39, 0.29) is 12.4 Å². The number of aliphatic hydroxyl groups excluding tert-OH is 1. The molecule has 0 spiro atoms. The molecule has 1 unspecified atom stereocenters. The molecule has 0 bridgehead atoms. The first-order chi connectivity index (χ1) is 9.08. The van der Waals surface area contributed by atoms with Crippen molar-refractivity contribution in [3.05, 3.63) is 28.7 Å². The Morgan fingerprint density at radius 1 is 1.20 bits per heavy atom. The SMILES string of the molecule is CC(C)NCC(O)COCCOc1ccc(Br)cc1.[Cl-]. The smallest absolute Gasteiger partial charge is 0.119 e. The highest BCUT2D eigenvalue weighted by molar-refractivity contribution is 9.10. The second kappa shape index (κ2) is 11.3.